The van der Waals surface area contributed by atoms with Crippen LogP contribution in [0.5, 0.6) is 0 Å². The van der Waals surface area contributed by atoms with Gasteiger partial charge in [-0.2, -0.15) is 13.2 Å². The molecule has 1 heterocycles. The Bertz CT molecular complexity index is 933. The van der Waals surface area contributed by atoms with Gasteiger partial charge >= 0.3 is 6.18 Å². The second-order valence-corrected chi connectivity index (χ2v) is 9.48. The number of hydrogen-bond acceptors (Lipinski definition) is 2. The van der Waals surface area contributed by atoms with E-state index in [-0.39, 0.29) is 17.0 Å². The Morgan fingerprint density at radius 2 is 1.71 bits per heavy atom. The van der Waals surface area contributed by atoms with E-state index < -0.39 is 11.7 Å². The number of nitrogens with zero attached hydrogens (tertiary/aromatic N) is 1. The van der Waals surface area contributed by atoms with Crippen LogP contribution in [0.25, 0.3) is 0 Å². The molecule has 7 heteroatoms. The fourth-order valence-corrected chi connectivity index (χ4v) is 4.49. The molecular weight excluding hydrogens is 403 g/mol. The van der Waals surface area contributed by atoms with Crippen molar-refractivity contribution in [1.29, 1.82) is 0 Å². The number of alkyl halides is 3. The molecule has 1 aromatic heterocycles. The van der Waals surface area contributed by atoms with Gasteiger partial charge in [-0.25, -0.2) is 0 Å². The van der Waals surface area contributed by atoms with Crippen LogP contribution in [0.3, 0.4) is 0 Å². The second kappa shape index (κ2) is 8.69. The molecule has 2 aromatic rings. The van der Waals surface area contributed by atoms with Crippen molar-refractivity contribution < 1.29 is 18.0 Å². The molecule has 31 heavy (non-hydrogen) atoms. The highest BCUT2D eigenvalue weighted by Gasteiger charge is 2.32. The quantitative estimate of drug-likeness (QED) is 0.612. The van der Waals surface area contributed by atoms with Gasteiger partial charge in [-0.05, 0) is 63.9 Å². The van der Waals surface area contributed by atoms with Crippen LogP contribution in [0.4, 0.5) is 18.9 Å². The summed E-state index contributed by atoms with van der Waals surface area (Å²) in [5, 5.41) is 6.01. The summed E-state index contributed by atoms with van der Waals surface area (Å²) >= 11 is 0. The number of aromatic nitrogens is 1. The number of anilines is 1. The molecule has 0 radical (unpaired) electrons. The summed E-state index contributed by atoms with van der Waals surface area (Å²) in [4.78, 5) is 13.1. The van der Waals surface area contributed by atoms with Crippen LogP contribution in [0.1, 0.15) is 79.8 Å². The lowest BCUT2D eigenvalue weighted by atomic mass is 9.88. The summed E-state index contributed by atoms with van der Waals surface area (Å²) in [5.74, 6) is -0.384. The highest BCUT2D eigenvalue weighted by Crippen LogP contribution is 2.37. The minimum atomic E-state index is -4.45. The third-order valence-electron chi connectivity index (χ3n) is 6.22. The van der Waals surface area contributed by atoms with Gasteiger partial charge in [-0.15, -0.1) is 0 Å². The van der Waals surface area contributed by atoms with E-state index >= 15 is 0 Å². The standard InChI is InChI=1S/C24H32F3N3O/c1-15-20(22(31)29-18-8-6-7-16(13-18)24(25,26)27)14-21(23(2,3)4)30(15)19-11-9-17(28-5)10-12-19/h6-8,13-14,17,19,28H,9-12H2,1-5H3,(H,29,31)/t17-,19+. The molecule has 1 fully saturated rings. The maximum atomic E-state index is 13.1. The van der Waals surface area contributed by atoms with Gasteiger partial charge in [-0.3, -0.25) is 4.79 Å². The summed E-state index contributed by atoms with van der Waals surface area (Å²) < 4.78 is 41.3. The molecule has 1 aliphatic carbocycles. The normalized spacial score (nSPS) is 20.0. The van der Waals surface area contributed by atoms with E-state index in [9.17, 15) is 18.0 Å². The van der Waals surface area contributed by atoms with Crippen molar-refractivity contribution in [1.82, 2.24) is 9.88 Å². The number of amides is 1. The van der Waals surface area contributed by atoms with Gasteiger partial charge in [0.05, 0.1) is 11.1 Å². The Hall–Kier alpha value is -2.28. The van der Waals surface area contributed by atoms with Gasteiger partial charge < -0.3 is 15.2 Å². The first-order valence-electron chi connectivity index (χ1n) is 10.8. The first-order valence-corrected chi connectivity index (χ1v) is 10.8. The third-order valence-corrected chi connectivity index (χ3v) is 6.22. The zero-order chi connectivity index (χ0) is 23.0. The van der Waals surface area contributed by atoms with Crippen molar-refractivity contribution in [3.63, 3.8) is 0 Å². The van der Waals surface area contributed by atoms with Crippen molar-refractivity contribution in [2.24, 2.45) is 0 Å². The van der Waals surface area contributed by atoms with Gasteiger partial charge in [0.1, 0.15) is 0 Å². The van der Waals surface area contributed by atoms with Gasteiger partial charge in [0, 0.05) is 34.6 Å². The minimum absolute atomic E-state index is 0.138. The molecule has 170 valence electrons. The zero-order valence-electron chi connectivity index (χ0n) is 18.9. The largest absolute Gasteiger partial charge is 0.416 e. The van der Waals surface area contributed by atoms with Gasteiger partial charge in [-0.1, -0.05) is 26.8 Å². The Kier molecular flexibility index (Phi) is 6.56. The SMILES string of the molecule is CN[C@H]1CC[C@@H](n2c(C(C)(C)C)cc(C(=O)Nc3cccc(C(F)(F)F)c3)c2C)CC1. The van der Waals surface area contributed by atoms with Crippen molar-refractivity contribution in [3.05, 3.63) is 52.8 Å². The summed E-state index contributed by atoms with van der Waals surface area (Å²) in [7, 11) is 1.99. The first-order chi connectivity index (χ1) is 14.4. The van der Waals surface area contributed by atoms with Crippen LogP contribution in [-0.4, -0.2) is 23.6 Å². The molecule has 2 N–H and O–H groups in total. The molecule has 0 spiro atoms. The molecule has 1 amide bonds. The van der Waals surface area contributed by atoms with E-state index in [4.69, 9.17) is 0 Å². The molecule has 1 aliphatic rings. The van der Waals surface area contributed by atoms with E-state index in [1.54, 1.807) is 0 Å². The Morgan fingerprint density at radius 1 is 1.06 bits per heavy atom. The number of carbonyl (C=O) groups is 1. The molecule has 0 unspecified atom stereocenters. The monoisotopic (exact) mass is 435 g/mol. The smallest absolute Gasteiger partial charge is 0.345 e. The van der Waals surface area contributed by atoms with Gasteiger partial charge in [0.25, 0.3) is 5.91 Å². The van der Waals surface area contributed by atoms with E-state index in [1.807, 2.05) is 20.0 Å². The number of benzene rings is 1. The number of nitrogens with one attached hydrogen (secondary N) is 2. The van der Waals surface area contributed by atoms with Crippen LogP contribution in [0.15, 0.2) is 30.3 Å². The highest BCUT2D eigenvalue weighted by atomic mass is 19.4. The lowest BCUT2D eigenvalue weighted by molar-refractivity contribution is -0.137. The Labute approximate surface area is 182 Å². The van der Waals surface area contributed by atoms with Crippen LogP contribution >= 0.6 is 0 Å². The fraction of sp³-hybridized carbons (Fsp3) is 0.542. The zero-order valence-corrected chi connectivity index (χ0v) is 18.9. The van der Waals surface area contributed by atoms with E-state index in [0.717, 1.165) is 49.2 Å². The van der Waals surface area contributed by atoms with Crippen molar-refractivity contribution in [3.8, 4) is 0 Å². The van der Waals surface area contributed by atoms with Crippen molar-refractivity contribution in [2.45, 2.75) is 77.1 Å². The molecule has 0 atom stereocenters. The average molecular weight is 436 g/mol. The number of carbonyl (C=O) groups excluding carboxylic acids is 1. The number of hydrogen-bond donors (Lipinski definition) is 2. The Morgan fingerprint density at radius 3 is 2.26 bits per heavy atom. The van der Waals surface area contributed by atoms with E-state index in [1.165, 1.54) is 12.1 Å². The summed E-state index contributed by atoms with van der Waals surface area (Å²) in [6.45, 7) is 8.28. The maximum absolute atomic E-state index is 13.1. The topological polar surface area (TPSA) is 46.1 Å². The predicted molar refractivity (Wildman–Crippen MR) is 118 cm³/mol. The van der Waals surface area contributed by atoms with Gasteiger partial charge in [0.15, 0.2) is 0 Å². The third kappa shape index (κ3) is 5.14. The lowest BCUT2D eigenvalue weighted by Gasteiger charge is -2.34. The highest BCUT2D eigenvalue weighted by molar-refractivity contribution is 6.05. The minimum Gasteiger partial charge on any atom is -0.345 e. The molecular formula is C24H32F3N3O. The van der Waals surface area contributed by atoms with E-state index in [0.29, 0.717) is 17.6 Å². The number of halogens is 3. The summed E-state index contributed by atoms with van der Waals surface area (Å²) in [5.41, 5.74) is 1.64. The van der Waals surface area contributed by atoms with Gasteiger partial charge in [0.2, 0.25) is 0 Å². The Balaban J connectivity index is 1.91. The molecule has 0 aliphatic heterocycles. The van der Waals surface area contributed by atoms with Crippen LogP contribution < -0.4 is 10.6 Å². The summed E-state index contributed by atoms with van der Waals surface area (Å²) in [6, 6.07) is 7.48. The molecule has 0 bridgehead atoms. The van der Waals surface area contributed by atoms with Crippen molar-refractivity contribution in [2.75, 3.05) is 12.4 Å². The predicted octanol–water partition coefficient (Wildman–Crippen LogP) is 6.07. The summed E-state index contributed by atoms with van der Waals surface area (Å²) in [6.07, 6.45) is -0.245. The fourth-order valence-electron chi connectivity index (χ4n) is 4.49. The van der Waals surface area contributed by atoms with E-state index in [2.05, 4.69) is 36.0 Å². The number of rotatable bonds is 4. The first kappa shape index (κ1) is 23.4. The lowest BCUT2D eigenvalue weighted by Crippen LogP contribution is -2.32. The maximum Gasteiger partial charge on any atom is 0.416 e. The van der Waals surface area contributed by atoms with Crippen LogP contribution in [-0.2, 0) is 11.6 Å². The van der Waals surface area contributed by atoms with Crippen LogP contribution in [0, 0.1) is 6.92 Å². The van der Waals surface area contributed by atoms with Crippen molar-refractivity contribution >= 4 is 11.6 Å². The molecule has 1 saturated carbocycles. The average Bonchev–Trinajstić information content (AvgIpc) is 3.05. The molecule has 3 rings (SSSR count). The van der Waals surface area contributed by atoms with Crippen LogP contribution in [0.2, 0.25) is 0 Å². The molecule has 4 nitrogen and oxygen atoms in total. The second-order valence-electron chi connectivity index (χ2n) is 9.48. The molecule has 1 aromatic carbocycles. The molecule has 0 saturated heterocycles.